The molecule has 1 atom stereocenters. The summed E-state index contributed by atoms with van der Waals surface area (Å²) in [6.45, 7) is 0.737. The molecule has 1 amide bonds. The van der Waals surface area contributed by atoms with Crippen LogP contribution in [0.25, 0.3) is 21.8 Å². The van der Waals surface area contributed by atoms with Crippen molar-refractivity contribution >= 4 is 39.3 Å². The first kappa shape index (κ1) is 21.6. The van der Waals surface area contributed by atoms with Crippen molar-refractivity contribution in [3.63, 3.8) is 0 Å². The minimum atomic E-state index is -0.680. The molecular weight excluding hydrogens is 428 g/mol. The fourth-order valence-corrected chi connectivity index (χ4v) is 3.89. The van der Waals surface area contributed by atoms with Gasteiger partial charge in [0.15, 0.2) is 5.69 Å². The molecule has 2 heterocycles. The largest absolute Gasteiger partial charge is 0.355 e. The SMILES string of the molecule is N#Cc1n[nH]c2c1c(=O)n(CCCNC(=O)C(N)Cc1ccc(Cl)cc1)c1ccccc21. The van der Waals surface area contributed by atoms with Crippen molar-refractivity contribution < 1.29 is 4.79 Å². The summed E-state index contributed by atoms with van der Waals surface area (Å²) in [5, 5.41) is 20.6. The molecule has 9 heteroatoms. The molecule has 32 heavy (non-hydrogen) atoms. The van der Waals surface area contributed by atoms with Crippen LogP contribution in [0.5, 0.6) is 0 Å². The number of rotatable bonds is 7. The number of fused-ring (bicyclic) bond motifs is 3. The van der Waals surface area contributed by atoms with Crippen molar-refractivity contribution in [1.29, 1.82) is 5.26 Å². The maximum Gasteiger partial charge on any atom is 0.263 e. The first-order valence-electron chi connectivity index (χ1n) is 10.2. The highest BCUT2D eigenvalue weighted by Gasteiger charge is 2.17. The van der Waals surface area contributed by atoms with E-state index in [0.29, 0.717) is 36.5 Å². The molecule has 2 aromatic carbocycles. The predicted molar refractivity (Wildman–Crippen MR) is 123 cm³/mol. The van der Waals surface area contributed by atoms with E-state index in [9.17, 15) is 14.9 Å². The molecule has 4 N–H and O–H groups in total. The van der Waals surface area contributed by atoms with Gasteiger partial charge in [-0.2, -0.15) is 10.4 Å². The van der Waals surface area contributed by atoms with Crippen LogP contribution in [0.1, 0.15) is 17.7 Å². The number of nitrogens with zero attached hydrogens (tertiary/aromatic N) is 3. The van der Waals surface area contributed by atoms with Gasteiger partial charge in [-0.15, -0.1) is 0 Å². The Morgan fingerprint density at radius 3 is 2.75 bits per heavy atom. The van der Waals surface area contributed by atoms with E-state index in [1.165, 1.54) is 0 Å². The Morgan fingerprint density at radius 1 is 1.25 bits per heavy atom. The standard InChI is InChI=1S/C23H21ClN6O2/c24-15-8-6-14(7-9-15)12-17(26)22(31)27-10-3-11-30-19-5-2-1-4-16(19)21-20(23(30)32)18(13-25)28-29-21/h1-2,4-9,17H,3,10-12,26H2,(H,27,31)(H,28,29). The second kappa shape index (κ2) is 9.22. The van der Waals surface area contributed by atoms with E-state index in [2.05, 4.69) is 15.5 Å². The lowest BCUT2D eigenvalue weighted by Crippen LogP contribution is -2.42. The smallest absolute Gasteiger partial charge is 0.263 e. The number of nitriles is 1. The molecule has 0 bridgehead atoms. The van der Waals surface area contributed by atoms with Gasteiger partial charge in [0.2, 0.25) is 5.91 Å². The fourth-order valence-electron chi connectivity index (χ4n) is 3.76. The fraction of sp³-hybridized carbons (Fsp3) is 0.217. The molecule has 4 aromatic rings. The zero-order chi connectivity index (χ0) is 22.7. The molecule has 0 aliphatic rings. The zero-order valence-corrected chi connectivity index (χ0v) is 17.9. The van der Waals surface area contributed by atoms with E-state index in [0.717, 1.165) is 16.5 Å². The van der Waals surface area contributed by atoms with E-state index in [4.69, 9.17) is 17.3 Å². The highest BCUT2D eigenvalue weighted by Crippen LogP contribution is 2.22. The van der Waals surface area contributed by atoms with Gasteiger partial charge in [0.1, 0.15) is 11.5 Å². The van der Waals surface area contributed by atoms with Gasteiger partial charge in [-0.3, -0.25) is 14.7 Å². The van der Waals surface area contributed by atoms with Crippen LogP contribution in [0.2, 0.25) is 5.02 Å². The van der Waals surface area contributed by atoms with Gasteiger partial charge >= 0.3 is 0 Å². The molecule has 0 saturated carbocycles. The molecule has 0 aliphatic carbocycles. The maximum absolute atomic E-state index is 13.1. The van der Waals surface area contributed by atoms with Crippen LogP contribution in [0.3, 0.4) is 0 Å². The Kier molecular flexibility index (Phi) is 6.21. The van der Waals surface area contributed by atoms with E-state index in [-0.39, 0.29) is 22.5 Å². The summed E-state index contributed by atoms with van der Waals surface area (Å²) in [4.78, 5) is 25.4. The van der Waals surface area contributed by atoms with E-state index in [1.54, 1.807) is 16.7 Å². The number of carbonyl (C=O) groups is 1. The lowest BCUT2D eigenvalue weighted by Gasteiger charge is -2.14. The van der Waals surface area contributed by atoms with Crippen molar-refractivity contribution in [1.82, 2.24) is 20.1 Å². The Morgan fingerprint density at radius 2 is 2.00 bits per heavy atom. The minimum absolute atomic E-state index is 0.0750. The van der Waals surface area contributed by atoms with Crippen LogP contribution in [0.15, 0.2) is 53.3 Å². The number of hydrogen-bond acceptors (Lipinski definition) is 5. The van der Waals surface area contributed by atoms with E-state index < -0.39 is 6.04 Å². The second-order valence-electron chi connectivity index (χ2n) is 7.49. The maximum atomic E-state index is 13.1. The zero-order valence-electron chi connectivity index (χ0n) is 17.1. The Hall–Kier alpha value is -3.67. The number of hydrogen-bond donors (Lipinski definition) is 3. The third kappa shape index (κ3) is 4.21. The van der Waals surface area contributed by atoms with Crippen LogP contribution in [0, 0.1) is 11.3 Å². The molecule has 4 rings (SSSR count). The molecule has 1 unspecified atom stereocenters. The molecular formula is C23H21ClN6O2. The number of aromatic nitrogens is 3. The normalized spacial score (nSPS) is 12.0. The number of benzene rings is 2. The topological polar surface area (TPSA) is 130 Å². The molecule has 0 radical (unpaired) electrons. The highest BCUT2D eigenvalue weighted by molar-refractivity contribution is 6.30. The molecule has 0 aliphatic heterocycles. The summed E-state index contributed by atoms with van der Waals surface area (Å²) >= 11 is 5.88. The monoisotopic (exact) mass is 448 g/mol. The van der Waals surface area contributed by atoms with Crippen molar-refractivity contribution in [2.24, 2.45) is 5.73 Å². The summed E-state index contributed by atoms with van der Waals surface area (Å²) < 4.78 is 1.62. The summed E-state index contributed by atoms with van der Waals surface area (Å²) in [6.07, 6.45) is 0.926. The highest BCUT2D eigenvalue weighted by atomic mass is 35.5. The third-order valence-corrected chi connectivity index (χ3v) is 5.61. The first-order chi connectivity index (χ1) is 15.5. The van der Waals surface area contributed by atoms with Gasteiger partial charge in [-0.05, 0) is 36.6 Å². The molecule has 0 fully saturated rings. The van der Waals surface area contributed by atoms with Crippen LogP contribution in [-0.2, 0) is 17.8 Å². The van der Waals surface area contributed by atoms with E-state index in [1.807, 2.05) is 42.5 Å². The van der Waals surface area contributed by atoms with Gasteiger partial charge in [-0.25, -0.2) is 0 Å². The van der Waals surface area contributed by atoms with Crippen LogP contribution < -0.4 is 16.6 Å². The summed E-state index contributed by atoms with van der Waals surface area (Å²) in [5.74, 6) is -0.255. The third-order valence-electron chi connectivity index (χ3n) is 5.36. The number of carbonyl (C=O) groups excluding carboxylic acids is 1. The second-order valence-corrected chi connectivity index (χ2v) is 7.93. The van der Waals surface area contributed by atoms with Crippen molar-refractivity contribution in [2.45, 2.75) is 25.4 Å². The number of nitrogens with one attached hydrogen (secondary N) is 2. The lowest BCUT2D eigenvalue weighted by atomic mass is 10.1. The Labute approximate surface area is 188 Å². The molecule has 0 saturated heterocycles. The van der Waals surface area contributed by atoms with Crippen molar-refractivity contribution in [3.8, 4) is 6.07 Å². The number of aryl methyl sites for hydroxylation is 1. The minimum Gasteiger partial charge on any atom is -0.355 e. The predicted octanol–water partition coefficient (Wildman–Crippen LogP) is 2.48. The first-order valence-corrected chi connectivity index (χ1v) is 10.5. The molecule has 8 nitrogen and oxygen atoms in total. The summed E-state index contributed by atoms with van der Waals surface area (Å²) in [7, 11) is 0. The number of amides is 1. The molecule has 2 aromatic heterocycles. The summed E-state index contributed by atoms with van der Waals surface area (Å²) in [6, 6.07) is 15.9. The van der Waals surface area contributed by atoms with Gasteiger partial charge in [-0.1, -0.05) is 41.9 Å². The van der Waals surface area contributed by atoms with Crippen LogP contribution in [-0.4, -0.2) is 33.3 Å². The Bertz CT molecular complexity index is 1380. The van der Waals surface area contributed by atoms with Gasteiger partial charge in [0.25, 0.3) is 5.56 Å². The van der Waals surface area contributed by atoms with E-state index >= 15 is 0 Å². The van der Waals surface area contributed by atoms with Crippen molar-refractivity contribution in [3.05, 3.63) is 75.2 Å². The molecule has 162 valence electrons. The van der Waals surface area contributed by atoms with Crippen LogP contribution >= 0.6 is 11.6 Å². The number of nitrogens with two attached hydrogens (primary N) is 1. The van der Waals surface area contributed by atoms with Gasteiger partial charge in [0.05, 0.1) is 17.1 Å². The number of H-pyrrole nitrogens is 1. The van der Waals surface area contributed by atoms with Gasteiger partial charge < -0.3 is 15.6 Å². The number of halogens is 1. The number of aromatic amines is 1. The number of pyridine rings is 1. The van der Waals surface area contributed by atoms with Gasteiger partial charge in [0, 0.05) is 23.5 Å². The average Bonchev–Trinajstić information content (AvgIpc) is 3.24. The average molecular weight is 449 g/mol. The molecule has 0 spiro atoms. The van der Waals surface area contributed by atoms with Crippen LogP contribution in [0.4, 0.5) is 0 Å². The summed E-state index contributed by atoms with van der Waals surface area (Å²) in [5.41, 5.74) is 8.04. The Balaban J connectivity index is 1.44. The quantitative estimate of drug-likeness (QED) is 0.374. The lowest BCUT2D eigenvalue weighted by molar-refractivity contribution is -0.122. The number of para-hydroxylation sites is 1. The van der Waals surface area contributed by atoms with Crippen molar-refractivity contribution in [2.75, 3.05) is 6.54 Å².